The van der Waals surface area contributed by atoms with Crippen LogP contribution in [0.25, 0.3) is 0 Å². The van der Waals surface area contributed by atoms with Crippen LogP contribution in [0.3, 0.4) is 0 Å². The Balaban J connectivity index is 1.13. The normalized spacial score (nSPS) is 34.9. The van der Waals surface area contributed by atoms with Crippen molar-refractivity contribution in [2.24, 2.45) is 11.8 Å². The second-order valence-electron chi connectivity index (χ2n) is 9.41. The first-order valence-electron chi connectivity index (χ1n) is 11.2. The minimum atomic E-state index is -0.297. The molecule has 0 spiro atoms. The fourth-order valence-electron chi connectivity index (χ4n) is 6.12. The highest BCUT2D eigenvalue weighted by Gasteiger charge is 2.41. The van der Waals surface area contributed by atoms with E-state index >= 15 is 0 Å². The van der Waals surface area contributed by atoms with Gasteiger partial charge in [0.15, 0.2) is 0 Å². The summed E-state index contributed by atoms with van der Waals surface area (Å²) in [4.78, 5) is 17.4. The molecular weight excluding hydrogens is 350 g/mol. The standard InChI is InChI=1S/C23H33N3O2/c1-16-3-2-11-26(16)21-10-12-25(15-21)20-8-6-19(7-9-20)24-23(27)28-22-14-17-4-5-18(22)13-17/h6-9,16-18,21-22H,2-5,10-15H2,1H3,(H,24,27)/t16?,17-,18+,21?,22?/m1/s1. The monoisotopic (exact) mass is 383 g/mol. The summed E-state index contributed by atoms with van der Waals surface area (Å²) in [5.74, 6) is 1.38. The Morgan fingerprint density at radius 2 is 1.93 bits per heavy atom. The van der Waals surface area contributed by atoms with Gasteiger partial charge in [-0.3, -0.25) is 10.2 Å². The maximum absolute atomic E-state index is 12.3. The maximum Gasteiger partial charge on any atom is 0.411 e. The van der Waals surface area contributed by atoms with Crippen LogP contribution in [0.5, 0.6) is 0 Å². The van der Waals surface area contributed by atoms with E-state index in [1.165, 1.54) is 50.8 Å². The Labute approximate surface area is 168 Å². The van der Waals surface area contributed by atoms with Crippen LogP contribution in [-0.2, 0) is 4.74 Å². The van der Waals surface area contributed by atoms with Crippen LogP contribution in [0, 0.1) is 11.8 Å². The number of likely N-dealkylation sites (tertiary alicyclic amines) is 1. The molecule has 1 aromatic carbocycles. The molecule has 2 aliphatic heterocycles. The van der Waals surface area contributed by atoms with Crippen LogP contribution in [-0.4, -0.2) is 48.8 Å². The van der Waals surface area contributed by atoms with E-state index in [4.69, 9.17) is 4.74 Å². The van der Waals surface area contributed by atoms with Crippen LogP contribution in [0.2, 0.25) is 0 Å². The van der Waals surface area contributed by atoms with Crippen LogP contribution in [0.4, 0.5) is 16.2 Å². The third kappa shape index (κ3) is 3.61. The summed E-state index contributed by atoms with van der Waals surface area (Å²) >= 11 is 0. The molecule has 2 heterocycles. The van der Waals surface area contributed by atoms with Crippen molar-refractivity contribution in [2.75, 3.05) is 29.9 Å². The Hall–Kier alpha value is -1.75. The molecule has 2 saturated heterocycles. The summed E-state index contributed by atoms with van der Waals surface area (Å²) in [5.41, 5.74) is 2.07. The molecule has 1 amide bonds. The molecule has 5 rings (SSSR count). The molecule has 1 N–H and O–H groups in total. The Morgan fingerprint density at radius 1 is 1.07 bits per heavy atom. The lowest BCUT2D eigenvalue weighted by Crippen LogP contribution is -2.39. The predicted molar refractivity (Wildman–Crippen MR) is 112 cm³/mol. The first kappa shape index (κ1) is 18.3. The predicted octanol–water partition coefficient (Wildman–Crippen LogP) is 4.49. The van der Waals surface area contributed by atoms with E-state index in [-0.39, 0.29) is 12.2 Å². The molecule has 28 heavy (non-hydrogen) atoms. The smallest absolute Gasteiger partial charge is 0.411 e. The van der Waals surface area contributed by atoms with Gasteiger partial charge in [0, 0.05) is 36.5 Å². The van der Waals surface area contributed by atoms with E-state index in [2.05, 4.69) is 34.2 Å². The van der Waals surface area contributed by atoms with Crippen molar-refractivity contribution in [1.82, 2.24) is 4.90 Å². The van der Waals surface area contributed by atoms with Gasteiger partial charge in [-0.2, -0.15) is 0 Å². The van der Waals surface area contributed by atoms with Crippen LogP contribution >= 0.6 is 0 Å². The summed E-state index contributed by atoms with van der Waals surface area (Å²) in [5, 5.41) is 2.92. The molecule has 5 atom stereocenters. The van der Waals surface area contributed by atoms with Crippen LogP contribution in [0.15, 0.2) is 24.3 Å². The van der Waals surface area contributed by atoms with Crippen molar-refractivity contribution >= 4 is 17.5 Å². The topological polar surface area (TPSA) is 44.8 Å². The second-order valence-corrected chi connectivity index (χ2v) is 9.41. The van der Waals surface area contributed by atoms with Gasteiger partial charge in [0.25, 0.3) is 0 Å². The molecule has 0 aromatic heterocycles. The zero-order valence-corrected chi connectivity index (χ0v) is 17.0. The number of nitrogens with one attached hydrogen (secondary N) is 1. The van der Waals surface area contributed by atoms with Crippen LogP contribution < -0.4 is 10.2 Å². The summed E-state index contributed by atoms with van der Waals surface area (Å²) in [6.45, 7) is 5.86. The number of fused-ring (bicyclic) bond motifs is 2. The highest BCUT2D eigenvalue weighted by molar-refractivity contribution is 5.85. The van der Waals surface area contributed by atoms with E-state index in [9.17, 15) is 4.79 Å². The first-order valence-corrected chi connectivity index (χ1v) is 11.2. The van der Waals surface area contributed by atoms with E-state index in [1.807, 2.05) is 12.1 Å². The zero-order valence-electron chi connectivity index (χ0n) is 17.0. The van der Waals surface area contributed by atoms with Crippen molar-refractivity contribution < 1.29 is 9.53 Å². The quantitative estimate of drug-likeness (QED) is 0.832. The van der Waals surface area contributed by atoms with Gasteiger partial charge < -0.3 is 9.64 Å². The zero-order chi connectivity index (χ0) is 19.1. The SMILES string of the molecule is CC1CCCN1C1CCN(c2ccc(NC(=O)OC3C[C@@H]4CC[C@H]3C4)cc2)C1. The van der Waals surface area contributed by atoms with Crippen molar-refractivity contribution in [2.45, 2.75) is 70.1 Å². The molecule has 5 heteroatoms. The Bertz CT molecular complexity index is 706. The average molecular weight is 384 g/mol. The molecule has 0 radical (unpaired) electrons. The molecule has 2 aliphatic carbocycles. The molecule has 3 unspecified atom stereocenters. The van der Waals surface area contributed by atoms with Gasteiger partial charge in [-0.05, 0) is 94.5 Å². The number of carbonyl (C=O) groups is 1. The fraction of sp³-hybridized carbons (Fsp3) is 0.696. The second kappa shape index (κ2) is 7.58. The first-order chi connectivity index (χ1) is 13.7. The van der Waals surface area contributed by atoms with Gasteiger partial charge in [0.05, 0.1) is 0 Å². The van der Waals surface area contributed by atoms with Crippen molar-refractivity contribution in [1.29, 1.82) is 0 Å². The summed E-state index contributed by atoms with van der Waals surface area (Å²) < 4.78 is 5.69. The molecule has 152 valence electrons. The van der Waals surface area contributed by atoms with E-state index < -0.39 is 0 Å². The molecule has 4 fully saturated rings. The molecule has 2 saturated carbocycles. The maximum atomic E-state index is 12.3. The van der Waals surface area contributed by atoms with E-state index in [0.717, 1.165) is 37.2 Å². The number of amides is 1. The third-order valence-electron chi connectivity index (χ3n) is 7.65. The number of rotatable bonds is 4. The van der Waals surface area contributed by atoms with E-state index in [0.29, 0.717) is 12.0 Å². The van der Waals surface area contributed by atoms with Crippen LogP contribution in [0.1, 0.15) is 51.9 Å². The van der Waals surface area contributed by atoms with Gasteiger partial charge in [0.1, 0.15) is 6.10 Å². The molecule has 2 bridgehead atoms. The third-order valence-corrected chi connectivity index (χ3v) is 7.65. The van der Waals surface area contributed by atoms with Gasteiger partial charge in [-0.25, -0.2) is 4.79 Å². The summed E-state index contributed by atoms with van der Waals surface area (Å²) in [7, 11) is 0. The molecule has 1 aromatic rings. The molecule has 5 nitrogen and oxygen atoms in total. The number of hydrogen-bond donors (Lipinski definition) is 1. The number of ether oxygens (including phenoxy) is 1. The van der Waals surface area contributed by atoms with Gasteiger partial charge >= 0.3 is 6.09 Å². The van der Waals surface area contributed by atoms with Gasteiger partial charge in [0.2, 0.25) is 0 Å². The van der Waals surface area contributed by atoms with Gasteiger partial charge in [-0.1, -0.05) is 0 Å². The summed E-state index contributed by atoms with van der Waals surface area (Å²) in [6, 6.07) is 9.68. The minimum Gasteiger partial charge on any atom is -0.446 e. The lowest BCUT2D eigenvalue weighted by Gasteiger charge is -2.28. The average Bonchev–Trinajstić information content (AvgIpc) is 3.46. The molecule has 4 aliphatic rings. The molecular formula is C23H33N3O2. The van der Waals surface area contributed by atoms with Gasteiger partial charge in [-0.15, -0.1) is 0 Å². The number of hydrogen-bond acceptors (Lipinski definition) is 4. The fourth-order valence-corrected chi connectivity index (χ4v) is 6.12. The highest BCUT2D eigenvalue weighted by Crippen LogP contribution is 2.45. The Morgan fingerprint density at radius 3 is 2.61 bits per heavy atom. The highest BCUT2D eigenvalue weighted by atomic mass is 16.6. The van der Waals surface area contributed by atoms with Crippen molar-refractivity contribution in [3.8, 4) is 0 Å². The van der Waals surface area contributed by atoms with E-state index in [1.54, 1.807) is 0 Å². The lowest BCUT2D eigenvalue weighted by molar-refractivity contribution is 0.0755. The number of nitrogens with zero attached hydrogens (tertiary/aromatic N) is 2. The number of anilines is 2. The number of carbonyl (C=O) groups excluding carboxylic acids is 1. The minimum absolute atomic E-state index is 0.132. The number of benzene rings is 1. The lowest BCUT2D eigenvalue weighted by atomic mass is 9.98. The van der Waals surface area contributed by atoms with Crippen molar-refractivity contribution in [3.05, 3.63) is 24.3 Å². The largest absolute Gasteiger partial charge is 0.446 e. The summed E-state index contributed by atoms with van der Waals surface area (Å²) in [6.07, 6.45) is 8.63. The Kier molecular flexibility index (Phi) is 4.95. The van der Waals surface area contributed by atoms with Crippen molar-refractivity contribution in [3.63, 3.8) is 0 Å².